The van der Waals surface area contributed by atoms with Gasteiger partial charge in [0.2, 0.25) is 0 Å². The van der Waals surface area contributed by atoms with Crippen molar-refractivity contribution in [3.05, 3.63) is 6.42 Å². The first kappa shape index (κ1) is 11.7. The van der Waals surface area contributed by atoms with Crippen molar-refractivity contribution in [3.63, 3.8) is 0 Å². The molecule has 0 aromatic rings. The molecule has 0 N–H and O–H groups in total. The van der Waals surface area contributed by atoms with Crippen LogP contribution in [-0.4, -0.2) is 8.07 Å². The fraction of sp³-hybridized carbons (Fsp3) is 0.600. The van der Waals surface area contributed by atoms with Gasteiger partial charge in [0.15, 0.2) is 0 Å². The van der Waals surface area contributed by atoms with Gasteiger partial charge < -0.3 is 12.0 Å². The summed E-state index contributed by atoms with van der Waals surface area (Å²) in [4.78, 5) is 0. The predicted molar refractivity (Wildman–Crippen MR) is 39.4 cm³/mol. The van der Waals surface area contributed by atoms with Crippen LogP contribution >= 0.6 is 13.4 Å². The van der Waals surface area contributed by atoms with Crippen molar-refractivity contribution < 1.29 is 17.2 Å². The molecular weight excluding hydrogens is 274 g/mol. The average molecular weight is 284 g/mol. The molecule has 0 aromatic heterocycles. The van der Waals surface area contributed by atoms with Crippen molar-refractivity contribution in [2.75, 3.05) is 0 Å². The van der Waals surface area contributed by atoms with Gasteiger partial charge in [0, 0.05) is 0 Å². The van der Waals surface area contributed by atoms with E-state index < -0.39 is 8.07 Å². The predicted octanol–water partition coefficient (Wildman–Crippen LogP) is 2.30. The standard InChI is InChI=1S/C5H9Si.BrH.Pd/c1-5-6(2,3)4;;/h2-4H3;1H;/q-1;;+2/p-1. The maximum absolute atomic E-state index is 6.67. The molecule has 0 nitrogen and oxygen atoms in total. The third-order valence-electron chi connectivity index (χ3n) is 0.375. The molecule has 0 saturated carbocycles. The Morgan fingerprint density at radius 3 is 1.50 bits per heavy atom. The van der Waals surface area contributed by atoms with Gasteiger partial charge in [-0.15, -0.1) is 0 Å². The zero-order valence-corrected chi connectivity index (χ0v) is 9.33. The monoisotopic (exact) mass is 282 g/mol. The Hall–Kier alpha value is 0.919. The first-order valence-electron chi connectivity index (χ1n) is 2.12. The molecule has 0 aliphatic carbocycles. The van der Waals surface area contributed by atoms with E-state index in [-0.39, 0.29) is 0 Å². The molecule has 0 aliphatic heterocycles. The van der Waals surface area contributed by atoms with Gasteiger partial charge in [0.05, 0.1) is 8.07 Å². The van der Waals surface area contributed by atoms with E-state index in [2.05, 4.69) is 55.8 Å². The molecule has 0 heterocycles. The van der Waals surface area contributed by atoms with E-state index in [1.165, 1.54) is 0 Å². The van der Waals surface area contributed by atoms with Crippen LogP contribution in [0.25, 0.3) is 0 Å². The van der Waals surface area contributed by atoms with Gasteiger partial charge >= 0.3 is 30.6 Å². The molecular formula is C5H9BrPdSi. The molecule has 0 aromatic carbocycles. The quantitative estimate of drug-likeness (QED) is 0.363. The maximum Gasteiger partial charge on any atom is 0.0806 e. The number of hydrogen-bond acceptors (Lipinski definition) is 0. The molecule has 50 valence electrons. The van der Waals surface area contributed by atoms with Crippen LogP contribution in [0, 0.1) is 12.0 Å². The summed E-state index contributed by atoms with van der Waals surface area (Å²) < 4.78 is 0. The van der Waals surface area contributed by atoms with Crippen LogP contribution in [0.1, 0.15) is 0 Å². The molecule has 0 bridgehead atoms. The largest absolute Gasteiger partial charge is 0.701 e. The minimum absolute atomic E-state index is 1.21. The second kappa shape index (κ2) is 6.05. The summed E-state index contributed by atoms with van der Waals surface area (Å²) in [5.74, 6) is 0. The Morgan fingerprint density at radius 1 is 1.38 bits per heavy atom. The molecule has 0 aliphatic rings. The topological polar surface area (TPSA) is 0 Å². The maximum atomic E-state index is 6.67. The van der Waals surface area contributed by atoms with E-state index in [9.17, 15) is 0 Å². The average Bonchev–Trinajstić information content (AvgIpc) is 1.71. The summed E-state index contributed by atoms with van der Waals surface area (Å²) in [6, 6.07) is 0. The van der Waals surface area contributed by atoms with E-state index >= 15 is 0 Å². The van der Waals surface area contributed by atoms with Crippen molar-refractivity contribution in [1.29, 1.82) is 0 Å². The molecule has 0 unspecified atom stereocenters. The molecule has 0 amide bonds. The Kier molecular flexibility index (Phi) is 8.83. The van der Waals surface area contributed by atoms with Crippen LogP contribution in [-0.2, 0) is 17.2 Å². The number of rotatable bonds is 0. The third kappa shape index (κ3) is 15.8. The van der Waals surface area contributed by atoms with Crippen LogP contribution in [0.4, 0.5) is 0 Å². The van der Waals surface area contributed by atoms with Gasteiger partial charge in [-0.25, -0.2) is 0 Å². The molecule has 0 radical (unpaired) electrons. The van der Waals surface area contributed by atoms with E-state index in [1.807, 2.05) is 0 Å². The molecule has 3 heteroatoms. The minimum Gasteiger partial charge on any atom is -0.701 e. The fourth-order valence-corrected chi connectivity index (χ4v) is 0. The van der Waals surface area contributed by atoms with E-state index in [0.29, 0.717) is 0 Å². The number of halogens is 1. The second-order valence-corrected chi connectivity index (χ2v) is 7.12. The summed E-state index contributed by atoms with van der Waals surface area (Å²) in [7, 11) is -1.21. The summed E-state index contributed by atoms with van der Waals surface area (Å²) in [6.07, 6.45) is 6.67. The second-order valence-electron chi connectivity index (χ2n) is 2.38. The van der Waals surface area contributed by atoms with Crippen molar-refractivity contribution in [2.24, 2.45) is 0 Å². The van der Waals surface area contributed by atoms with Crippen LogP contribution in [0.3, 0.4) is 0 Å². The molecule has 8 heavy (non-hydrogen) atoms. The zero-order valence-electron chi connectivity index (χ0n) is 5.19. The SMILES string of the molecule is [Br][Pd+].[C-]#C[Si](C)(C)C. The van der Waals surface area contributed by atoms with Crippen LogP contribution in [0.15, 0.2) is 0 Å². The molecule has 0 spiro atoms. The van der Waals surface area contributed by atoms with E-state index in [4.69, 9.17) is 6.42 Å². The Bertz CT molecular complexity index is 79.4. The first-order chi connectivity index (χ1) is 3.56. The number of hydrogen-bond donors (Lipinski definition) is 0. The Morgan fingerprint density at radius 2 is 1.50 bits per heavy atom. The van der Waals surface area contributed by atoms with Gasteiger partial charge in [-0.3, -0.25) is 0 Å². The van der Waals surface area contributed by atoms with Crippen molar-refractivity contribution in [2.45, 2.75) is 19.6 Å². The van der Waals surface area contributed by atoms with Gasteiger partial charge in [0.25, 0.3) is 0 Å². The van der Waals surface area contributed by atoms with Gasteiger partial charge in [-0.1, -0.05) is 19.6 Å². The first-order valence-corrected chi connectivity index (χ1v) is 9.17. The fourth-order valence-electron chi connectivity index (χ4n) is 0. The third-order valence-corrected chi connectivity index (χ3v) is 1.12. The van der Waals surface area contributed by atoms with Crippen LogP contribution < -0.4 is 0 Å². The smallest absolute Gasteiger partial charge is 0.0806 e. The minimum atomic E-state index is -1.21. The normalized spacial score (nSPS) is 8.62. The zero-order chi connectivity index (χ0) is 7.21. The summed E-state index contributed by atoms with van der Waals surface area (Å²) in [5, 5.41) is 0. The molecule has 0 rings (SSSR count). The van der Waals surface area contributed by atoms with Crippen molar-refractivity contribution in [3.8, 4) is 5.54 Å². The van der Waals surface area contributed by atoms with E-state index in [1.54, 1.807) is 0 Å². The van der Waals surface area contributed by atoms with Gasteiger partial charge in [-0.05, 0) is 0 Å². The van der Waals surface area contributed by atoms with Crippen molar-refractivity contribution >= 4 is 21.5 Å². The van der Waals surface area contributed by atoms with E-state index in [0.717, 1.165) is 0 Å². The van der Waals surface area contributed by atoms with Gasteiger partial charge in [-0.2, -0.15) is 0 Å². The van der Waals surface area contributed by atoms with Crippen LogP contribution in [0.5, 0.6) is 0 Å². The van der Waals surface area contributed by atoms with Crippen molar-refractivity contribution in [1.82, 2.24) is 0 Å². The van der Waals surface area contributed by atoms with Crippen LogP contribution in [0.2, 0.25) is 19.6 Å². The summed E-state index contributed by atoms with van der Waals surface area (Å²) >= 11 is 5.35. The molecule has 0 saturated heterocycles. The summed E-state index contributed by atoms with van der Waals surface area (Å²) in [5.41, 5.74) is 2.49. The summed E-state index contributed by atoms with van der Waals surface area (Å²) in [6.45, 7) is 6.25. The molecule has 0 fully saturated rings. The Labute approximate surface area is 70.1 Å². The molecule has 0 atom stereocenters. The Balaban J connectivity index is 0. The van der Waals surface area contributed by atoms with Gasteiger partial charge in [0.1, 0.15) is 0 Å².